The summed E-state index contributed by atoms with van der Waals surface area (Å²) in [5, 5.41) is 17.7. The van der Waals surface area contributed by atoms with Crippen LogP contribution in [0.25, 0.3) is 0 Å². The van der Waals surface area contributed by atoms with Crippen LogP contribution in [0.4, 0.5) is 0 Å². The van der Waals surface area contributed by atoms with Gasteiger partial charge in [-0.15, -0.1) is 0 Å². The van der Waals surface area contributed by atoms with Gasteiger partial charge in [-0.25, -0.2) is 9.59 Å². The zero-order valence-corrected chi connectivity index (χ0v) is 12.7. The van der Waals surface area contributed by atoms with E-state index in [2.05, 4.69) is 0 Å². The Kier molecular flexibility index (Phi) is 7.64. The number of esters is 1. The second kappa shape index (κ2) is 9.78. The first kappa shape index (κ1) is 18.0. The summed E-state index contributed by atoms with van der Waals surface area (Å²) in [6.45, 7) is 1.83. The summed E-state index contributed by atoms with van der Waals surface area (Å²) in [4.78, 5) is 21.1. The lowest BCUT2D eigenvalue weighted by Crippen LogP contribution is -2.00. The van der Waals surface area contributed by atoms with E-state index in [1.807, 2.05) is 0 Å². The third kappa shape index (κ3) is 6.95. The highest BCUT2D eigenvalue weighted by Gasteiger charge is 2.02. The number of para-hydroxylation sites is 1. The normalized spacial score (nSPS) is 9.78. The molecule has 0 amide bonds. The Morgan fingerprint density at radius 3 is 2.17 bits per heavy atom. The minimum absolute atomic E-state index is 0.0931. The number of hydrogen-bond donors (Lipinski definition) is 2. The number of carboxylic acid groups (broad SMARTS) is 1. The number of benzene rings is 2. The maximum atomic E-state index is 10.9. The molecule has 0 aliphatic carbocycles. The fourth-order valence-electron chi connectivity index (χ4n) is 1.55. The first-order valence-electron chi connectivity index (χ1n) is 6.89. The molecule has 0 bridgehead atoms. The molecule has 0 fully saturated rings. The smallest absolute Gasteiger partial charge is 0.335 e. The summed E-state index contributed by atoms with van der Waals surface area (Å²) >= 11 is 0. The molecule has 0 saturated heterocycles. The van der Waals surface area contributed by atoms with E-state index < -0.39 is 11.9 Å². The highest BCUT2D eigenvalue weighted by molar-refractivity contribution is 5.87. The summed E-state index contributed by atoms with van der Waals surface area (Å²) in [5.41, 5.74) is 0.933. The van der Waals surface area contributed by atoms with Crippen LogP contribution in [-0.4, -0.2) is 22.2 Å². The highest BCUT2D eigenvalue weighted by atomic mass is 16.5. The van der Waals surface area contributed by atoms with Gasteiger partial charge in [0.2, 0.25) is 0 Å². The number of allylic oxidation sites excluding steroid dienone is 1. The number of rotatable bonds is 4. The second-order valence-electron chi connectivity index (χ2n) is 4.41. The van der Waals surface area contributed by atoms with Gasteiger partial charge in [0.1, 0.15) is 12.4 Å². The Morgan fingerprint density at radius 2 is 1.65 bits per heavy atom. The van der Waals surface area contributed by atoms with Gasteiger partial charge in [0.05, 0.1) is 5.56 Å². The maximum absolute atomic E-state index is 10.9. The molecule has 2 rings (SSSR count). The van der Waals surface area contributed by atoms with Crippen molar-refractivity contribution in [2.24, 2.45) is 0 Å². The molecule has 0 aliphatic heterocycles. The standard InChI is InChI=1S/C11H12O3.C7H6O2/c1-2-5-11(13)14-8-9-6-3-4-7-10(9)12;8-7(9)6-4-2-1-3-5-6/h2-7,12H,8H2,1H3;1-5H,(H,8,9). The molecule has 5 nitrogen and oxygen atoms in total. The fraction of sp³-hybridized carbons (Fsp3) is 0.111. The molecule has 2 N–H and O–H groups in total. The van der Waals surface area contributed by atoms with Gasteiger partial charge in [0.25, 0.3) is 0 Å². The Labute approximate surface area is 134 Å². The molecule has 0 saturated carbocycles. The van der Waals surface area contributed by atoms with E-state index in [1.54, 1.807) is 67.6 Å². The van der Waals surface area contributed by atoms with Gasteiger partial charge in [0.15, 0.2) is 0 Å². The Hall–Kier alpha value is -3.08. The summed E-state index contributed by atoms with van der Waals surface area (Å²) in [6.07, 6.45) is 2.94. The topological polar surface area (TPSA) is 83.8 Å². The average Bonchev–Trinajstić information content (AvgIpc) is 2.56. The summed E-state index contributed by atoms with van der Waals surface area (Å²) < 4.78 is 4.86. The van der Waals surface area contributed by atoms with Gasteiger partial charge >= 0.3 is 11.9 Å². The van der Waals surface area contributed by atoms with Crippen molar-refractivity contribution < 1.29 is 24.5 Å². The molecule has 0 heterocycles. The van der Waals surface area contributed by atoms with E-state index in [9.17, 15) is 14.7 Å². The monoisotopic (exact) mass is 314 g/mol. The lowest BCUT2D eigenvalue weighted by Gasteiger charge is -2.03. The van der Waals surface area contributed by atoms with Crippen LogP contribution in [0.15, 0.2) is 66.7 Å². The third-order valence-electron chi connectivity index (χ3n) is 2.69. The van der Waals surface area contributed by atoms with Crippen LogP contribution in [0, 0.1) is 0 Å². The van der Waals surface area contributed by atoms with Crippen LogP contribution in [0.5, 0.6) is 5.75 Å². The quantitative estimate of drug-likeness (QED) is 0.667. The molecule has 2 aromatic rings. The zero-order chi connectivity index (χ0) is 17.1. The van der Waals surface area contributed by atoms with Crippen LogP contribution < -0.4 is 0 Å². The summed E-state index contributed by atoms with van der Waals surface area (Å²) in [6, 6.07) is 15.0. The van der Waals surface area contributed by atoms with Crippen molar-refractivity contribution in [1.29, 1.82) is 0 Å². The van der Waals surface area contributed by atoms with Crippen molar-refractivity contribution in [3.63, 3.8) is 0 Å². The number of hydrogen-bond acceptors (Lipinski definition) is 4. The Balaban J connectivity index is 0.000000253. The molecule has 2 aromatic carbocycles. The molecule has 0 spiro atoms. The molecule has 0 radical (unpaired) electrons. The molecule has 120 valence electrons. The van der Waals surface area contributed by atoms with Crippen LogP contribution in [0.1, 0.15) is 22.8 Å². The van der Waals surface area contributed by atoms with Gasteiger partial charge in [-0.05, 0) is 25.1 Å². The molecule has 0 unspecified atom stereocenters. The van der Waals surface area contributed by atoms with Gasteiger partial charge in [-0.3, -0.25) is 0 Å². The highest BCUT2D eigenvalue weighted by Crippen LogP contribution is 2.16. The molecule has 23 heavy (non-hydrogen) atoms. The van der Waals surface area contributed by atoms with E-state index >= 15 is 0 Å². The van der Waals surface area contributed by atoms with Crippen LogP contribution in [0.3, 0.4) is 0 Å². The minimum atomic E-state index is -0.879. The summed E-state index contributed by atoms with van der Waals surface area (Å²) in [7, 11) is 0. The number of carboxylic acids is 1. The SMILES string of the molecule is CC=CC(=O)OCc1ccccc1O.O=C(O)c1ccccc1. The molecular formula is C18H18O5. The number of aromatic hydroxyl groups is 1. The van der Waals surface area contributed by atoms with Crippen molar-refractivity contribution in [2.45, 2.75) is 13.5 Å². The van der Waals surface area contributed by atoms with E-state index in [0.29, 0.717) is 11.1 Å². The van der Waals surface area contributed by atoms with Gasteiger partial charge in [0, 0.05) is 11.6 Å². The average molecular weight is 314 g/mol. The molecule has 5 heteroatoms. The van der Waals surface area contributed by atoms with Crippen molar-refractivity contribution >= 4 is 11.9 Å². The number of carbonyl (C=O) groups excluding carboxylic acids is 1. The summed E-state index contributed by atoms with van der Waals surface area (Å²) in [5.74, 6) is -1.15. The molecule has 0 atom stereocenters. The number of phenolic OH excluding ortho intramolecular Hbond substituents is 1. The Morgan fingerprint density at radius 1 is 1.04 bits per heavy atom. The van der Waals surface area contributed by atoms with E-state index in [4.69, 9.17) is 9.84 Å². The lowest BCUT2D eigenvalue weighted by molar-refractivity contribution is -0.139. The van der Waals surface area contributed by atoms with E-state index in [-0.39, 0.29) is 12.4 Å². The molecule has 0 aliphatic rings. The van der Waals surface area contributed by atoms with Gasteiger partial charge < -0.3 is 14.9 Å². The number of phenols is 1. The number of aromatic carboxylic acids is 1. The van der Waals surface area contributed by atoms with Crippen molar-refractivity contribution in [2.75, 3.05) is 0 Å². The number of ether oxygens (including phenoxy) is 1. The second-order valence-corrected chi connectivity index (χ2v) is 4.41. The van der Waals surface area contributed by atoms with Crippen molar-refractivity contribution in [1.82, 2.24) is 0 Å². The van der Waals surface area contributed by atoms with Gasteiger partial charge in [-0.1, -0.05) is 42.5 Å². The Bertz CT molecular complexity index is 662. The maximum Gasteiger partial charge on any atom is 0.335 e. The first-order valence-corrected chi connectivity index (χ1v) is 6.89. The zero-order valence-electron chi connectivity index (χ0n) is 12.7. The molecular weight excluding hydrogens is 296 g/mol. The van der Waals surface area contributed by atoms with Gasteiger partial charge in [-0.2, -0.15) is 0 Å². The molecule has 0 aromatic heterocycles. The van der Waals surface area contributed by atoms with Crippen LogP contribution in [0.2, 0.25) is 0 Å². The van der Waals surface area contributed by atoms with Crippen LogP contribution >= 0.6 is 0 Å². The van der Waals surface area contributed by atoms with Crippen LogP contribution in [-0.2, 0) is 16.1 Å². The predicted octanol–water partition coefficient (Wildman–Crippen LogP) is 3.40. The first-order chi connectivity index (χ1) is 11.0. The largest absolute Gasteiger partial charge is 0.508 e. The van der Waals surface area contributed by atoms with Crippen molar-refractivity contribution in [3.8, 4) is 5.75 Å². The van der Waals surface area contributed by atoms with E-state index in [0.717, 1.165) is 0 Å². The predicted molar refractivity (Wildman–Crippen MR) is 86.1 cm³/mol. The third-order valence-corrected chi connectivity index (χ3v) is 2.69. The fourth-order valence-corrected chi connectivity index (χ4v) is 1.55. The number of carbonyl (C=O) groups is 2. The van der Waals surface area contributed by atoms with E-state index in [1.165, 1.54) is 6.08 Å². The van der Waals surface area contributed by atoms with Crippen molar-refractivity contribution in [3.05, 3.63) is 77.9 Å². The minimum Gasteiger partial charge on any atom is -0.508 e. The lowest BCUT2D eigenvalue weighted by atomic mass is 10.2.